The SMILES string of the molecule is COc1ccc(OCC(O)COc2ccc(OC)cc2C(C)(C)C)c(C(C)(C)C)c1. The molecule has 0 heterocycles. The zero-order valence-corrected chi connectivity index (χ0v) is 19.5. The van der Waals surface area contributed by atoms with Gasteiger partial charge in [-0.25, -0.2) is 0 Å². The highest BCUT2D eigenvalue weighted by Crippen LogP contribution is 2.35. The molecule has 0 radical (unpaired) electrons. The fourth-order valence-corrected chi connectivity index (χ4v) is 3.12. The standard InChI is InChI=1S/C25H36O5/c1-24(2,3)20-13-18(27-7)9-11-22(20)29-15-17(26)16-30-23-12-10-19(28-8)14-21(23)25(4,5)6/h9-14,17,26H,15-16H2,1-8H3. The van der Waals surface area contributed by atoms with E-state index in [1.54, 1.807) is 14.2 Å². The minimum Gasteiger partial charge on any atom is -0.497 e. The van der Waals surface area contributed by atoms with Crippen molar-refractivity contribution in [3.05, 3.63) is 47.5 Å². The summed E-state index contributed by atoms with van der Waals surface area (Å²) >= 11 is 0. The van der Waals surface area contributed by atoms with Gasteiger partial charge in [0.1, 0.15) is 42.3 Å². The molecule has 0 amide bonds. The van der Waals surface area contributed by atoms with Crippen molar-refractivity contribution in [2.45, 2.75) is 58.5 Å². The van der Waals surface area contributed by atoms with Crippen molar-refractivity contribution in [3.63, 3.8) is 0 Å². The van der Waals surface area contributed by atoms with Crippen LogP contribution in [0, 0.1) is 0 Å². The maximum atomic E-state index is 10.5. The van der Waals surface area contributed by atoms with Crippen LogP contribution in [0.1, 0.15) is 52.7 Å². The lowest BCUT2D eigenvalue weighted by atomic mass is 9.86. The van der Waals surface area contributed by atoms with Gasteiger partial charge >= 0.3 is 0 Å². The summed E-state index contributed by atoms with van der Waals surface area (Å²) in [5, 5.41) is 10.5. The third-order valence-corrected chi connectivity index (χ3v) is 4.85. The summed E-state index contributed by atoms with van der Waals surface area (Å²) in [5.41, 5.74) is 1.83. The van der Waals surface area contributed by atoms with E-state index in [4.69, 9.17) is 18.9 Å². The Balaban J connectivity index is 2.06. The fraction of sp³-hybridized carbons (Fsp3) is 0.520. The van der Waals surface area contributed by atoms with Gasteiger partial charge in [0.15, 0.2) is 0 Å². The first kappa shape index (κ1) is 23.9. The van der Waals surface area contributed by atoms with Crippen LogP contribution in [0.15, 0.2) is 36.4 Å². The van der Waals surface area contributed by atoms with Crippen LogP contribution < -0.4 is 18.9 Å². The minimum atomic E-state index is -0.769. The normalized spacial score (nSPS) is 12.1. The van der Waals surface area contributed by atoms with Crippen molar-refractivity contribution in [1.82, 2.24) is 0 Å². The topological polar surface area (TPSA) is 57.2 Å². The third kappa shape index (κ3) is 6.30. The van der Waals surface area contributed by atoms with Crippen LogP contribution in [0.2, 0.25) is 0 Å². The average molecular weight is 417 g/mol. The Bertz CT molecular complexity index is 761. The van der Waals surface area contributed by atoms with Crippen molar-refractivity contribution in [2.75, 3.05) is 27.4 Å². The maximum absolute atomic E-state index is 10.5. The lowest BCUT2D eigenvalue weighted by Gasteiger charge is -2.25. The summed E-state index contributed by atoms with van der Waals surface area (Å²) in [6.07, 6.45) is -0.769. The molecule has 0 aromatic heterocycles. The molecule has 0 unspecified atom stereocenters. The minimum absolute atomic E-state index is 0.115. The number of hydrogen-bond donors (Lipinski definition) is 1. The highest BCUT2D eigenvalue weighted by Gasteiger charge is 2.22. The molecule has 2 aromatic carbocycles. The third-order valence-electron chi connectivity index (χ3n) is 4.85. The van der Waals surface area contributed by atoms with Gasteiger partial charge in [0.2, 0.25) is 0 Å². The highest BCUT2D eigenvalue weighted by molar-refractivity contribution is 5.45. The first-order chi connectivity index (χ1) is 14.0. The van der Waals surface area contributed by atoms with Crippen LogP contribution >= 0.6 is 0 Å². The molecule has 0 saturated heterocycles. The van der Waals surface area contributed by atoms with E-state index in [0.29, 0.717) is 0 Å². The fourth-order valence-electron chi connectivity index (χ4n) is 3.12. The quantitative estimate of drug-likeness (QED) is 0.647. The smallest absolute Gasteiger partial charge is 0.123 e. The number of benzene rings is 2. The molecule has 2 aromatic rings. The second-order valence-corrected chi connectivity index (χ2v) is 9.50. The molecular formula is C25H36O5. The van der Waals surface area contributed by atoms with E-state index in [9.17, 15) is 5.11 Å². The van der Waals surface area contributed by atoms with Crippen molar-refractivity contribution >= 4 is 0 Å². The van der Waals surface area contributed by atoms with Crippen molar-refractivity contribution < 1.29 is 24.1 Å². The molecule has 0 aliphatic rings. The largest absolute Gasteiger partial charge is 0.497 e. The second kappa shape index (κ2) is 9.61. The van der Waals surface area contributed by atoms with Gasteiger partial charge in [-0.05, 0) is 47.2 Å². The molecule has 0 saturated carbocycles. The Hall–Kier alpha value is -2.40. The number of ether oxygens (including phenoxy) is 4. The van der Waals surface area contributed by atoms with E-state index in [-0.39, 0.29) is 24.0 Å². The Morgan fingerprint density at radius 1 is 0.700 bits per heavy atom. The molecule has 2 rings (SSSR count). The van der Waals surface area contributed by atoms with Crippen molar-refractivity contribution in [3.8, 4) is 23.0 Å². The lowest BCUT2D eigenvalue weighted by molar-refractivity contribution is 0.0613. The number of methoxy groups -OCH3 is 2. The number of aliphatic hydroxyl groups is 1. The van der Waals surface area contributed by atoms with Gasteiger partial charge in [-0.2, -0.15) is 0 Å². The highest BCUT2D eigenvalue weighted by atomic mass is 16.5. The summed E-state index contributed by atoms with van der Waals surface area (Å²) in [5.74, 6) is 3.04. The summed E-state index contributed by atoms with van der Waals surface area (Å²) in [6.45, 7) is 13.0. The van der Waals surface area contributed by atoms with E-state index in [0.717, 1.165) is 34.1 Å². The maximum Gasteiger partial charge on any atom is 0.123 e. The van der Waals surface area contributed by atoms with Gasteiger partial charge in [-0.15, -0.1) is 0 Å². The zero-order valence-electron chi connectivity index (χ0n) is 19.5. The molecule has 1 N–H and O–H groups in total. The predicted molar refractivity (Wildman–Crippen MR) is 120 cm³/mol. The Morgan fingerprint density at radius 2 is 1.07 bits per heavy atom. The molecule has 5 heteroatoms. The molecule has 0 fully saturated rings. The summed E-state index contributed by atoms with van der Waals surface area (Å²) in [4.78, 5) is 0. The molecule has 166 valence electrons. The summed E-state index contributed by atoms with van der Waals surface area (Å²) < 4.78 is 22.6. The second-order valence-electron chi connectivity index (χ2n) is 9.50. The average Bonchev–Trinajstić information content (AvgIpc) is 2.69. The van der Waals surface area contributed by atoms with E-state index in [1.165, 1.54) is 0 Å². The Labute approximate surface area is 180 Å². The molecule has 30 heavy (non-hydrogen) atoms. The van der Waals surface area contributed by atoms with Gasteiger partial charge in [-0.3, -0.25) is 0 Å². The lowest BCUT2D eigenvalue weighted by Crippen LogP contribution is -2.26. The van der Waals surface area contributed by atoms with Gasteiger partial charge in [0, 0.05) is 11.1 Å². The van der Waals surface area contributed by atoms with Crippen molar-refractivity contribution in [2.24, 2.45) is 0 Å². The molecule has 0 spiro atoms. The van der Waals surface area contributed by atoms with E-state index >= 15 is 0 Å². The molecule has 0 aliphatic heterocycles. The van der Waals surface area contributed by atoms with Crippen LogP contribution in [-0.4, -0.2) is 38.6 Å². The zero-order chi connectivity index (χ0) is 22.5. The van der Waals surface area contributed by atoms with E-state index in [2.05, 4.69) is 41.5 Å². The van der Waals surface area contributed by atoms with Gasteiger partial charge in [0.25, 0.3) is 0 Å². The molecule has 5 nitrogen and oxygen atoms in total. The molecule has 0 atom stereocenters. The van der Waals surface area contributed by atoms with E-state index < -0.39 is 6.10 Å². The predicted octanol–water partition coefficient (Wildman–Crippen LogP) is 5.12. The monoisotopic (exact) mass is 416 g/mol. The van der Waals surface area contributed by atoms with Crippen LogP contribution in [0.5, 0.6) is 23.0 Å². The Morgan fingerprint density at radius 3 is 1.37 bits per heavy atom. The first-order valence-corrected chi connectivity index (χ1v) is 10.3. The Kier molecular flexibility index (Phi) is 7.64. The van der Waals surface area contributed by atoms with Gasteiger partial charge in [-0.1, -0.05) is 41.5 Å². The van der Waals surface area contributed by atoms with Crippen LogP contribution in [-0.2, 0) is 10.8 Å². The van der Waals surface area contributed by atoms with Crippen LogP contribution in [0.25, 0.3) is 0 Å². The van der Waals surface area contributed by atoms with Gasteiger partial charge < -0.3 is 24.1 Å². The first-order valence-electron chi connectivity index (χ1n) is 10.3. The number of hydrogen-bond acceptors (Lipinski definition) is 5. The van der Waals surface area contributed by atoms with Gasteiger partial charge in [0.05, 0.1) is 14.2 Å². The molecule has 0 aliphatic carbocycles. The van der Waals surface area contributed by atoms with Crippen LogP contribution in [0.3, 0.4) is 0 Å². The van der Waals surface area contributed by atoms with Crippen LogP contribution in [0.4, 0.5) is 0 Å². The summed E-state index contributed by atoms with van der Waals surface area (Å²) in [7, 11) is 3.29. The molecule has 0 bridgehead atoms. The number of aliphatic hydroxyl groups excluding tert-OH is 1. The van der Waals surface area contributed by atoms with Crippen molar-refractivity contribution in [1.29, 1.82) is 0 Å². The van der Waals surface area contributed by atoms with E-state index in [1.807, 2.05) is 36.4 Å². The summed E-state index contributed by atoms with van der Waals surface area (Å²) in [6, 6.07) is 11.4. The number of rotatable bonds is 8. The molecular weight excluding hydrogens is 380 g/mol.